The maximum atomic E-state index is 11.4. The molecule has 2 aromatic carbocycles. The number of halogens is 2. The number of aromatic nitrogens is 3. The lowest BCUT2D eigenvalue weighted by Crippen LogP contribution is -2.61. The number of hydrogen-bond donors (Lipinski definition) is 5. The number of anilines is 5. The lowest BCUT2D eigenvalue weighted by Gasteiger charge is -2.31. The predicted octanol–water partition coefficient (Wildman–Crippen LogP) is 4.62. The van der Waals surface area contributed by atoms with Gasteiger partial charge in [-0.3, -0.25) is 20.2 Å². The molecule has 4 amide bonds. The zero-order chi connectivity index (χ0) is 26.3. The SMILES string of the molecule is CCC1(CC)C(=O)NC(=O)NC1=O.Nc1nc(Nc2ccc(Br)cc2)nc(Nc2ccc(Br)cc2)n1. The Balaban J connectivity index is 0.000000236. The summed E-state index contributed by atoms with van der Waals surface area (Å²) in [6.45, 7) is 3.50. The first-order valence-corrected chi connectivity index (χ1v) is 12.5. The molecule has 11 nitrogen and oxygen atoms in total. The fourth-order valence-corrected chi connectivity index (χ4v) is 3.83. The number of benzene rings is 2. The predicted molar refractivity (Wildman–Crippen MR) is 144 cm³/mol. The van der Waals surface area contributed by atoms with E-state index in [1.54, 1.807) is 13.8 Å². The number of urea groups is 1. The summed E-state index contributed by atoms with van der Waals surface area (Å²) in [4.78, 5) is 46.1. The molecule has 188 valence electrons. The maximum absolute atomic E-state index is 11.4. The van der Waals surface area contributed by atoms with E-state index in [0.29, 0.717) is 24.7 Å². The highest BCUT2D eigenvalue weighted by Crippen LogP contribution is 2.28. The molecule has 1 aliphatic heterocycles. The number of rotatable bonds is 6. The summed E-state index contributed by atoms with van der Waals surface area (Å²) in [5, 5.41) is 10.4. The third-order valence-corrected chi connectivity index (χ3v) is 6.44. The first-order chi connectivity index (χ1) is 17.1. The Kier molecular flexibility index (Phi) is 8.93. The molecule has 6 N–H and O–H groups in total. The molecular formula is C23H24Br2N8O3. The minimum Gasteiger partial charge on any atom is -0.368 e. The molecule has 0 aliphatic carbocycles. The molecule has 1 aromatic heterocycles. The van der Waals surface area contributed by atoms with E-state index < -0.39 is 23.3 Å². The molecule has 1 saturated heterocycles. The standard InChI is InChI=1S/C15H12Br2N6.C8H12N2O3/c16-9-1-5-11(6-2-9)19-14-21-13(18)22-15(23-14)20-12-7-3-10(17)4-8-12;1-3-8(4-2)5(11)9-7(13)10-6(8)12/h1-8H,(H4,18,19,20,21,22,23);3-4H2,1-2H3,(H2,9,10,11,12,13). The van der Waals surface area contributed by atoms with Gasteiger partial charge in [0.05, 0.1) is 0 Å². The van der Waals surface area contributed by atoms with Crippen LogP contribution in [-0.4, -0.2) is 32.8 Å². The largest absolute Gasteiger partial charge is 0.368 e. The van der Waals surface area contributed by atoms with Crippen LogP contribution >= 0.6 is 31.9 Å². The highest BCUT2D eigenvalue weighted by molar-refractivity contribution is 9.10. The van der Waals surface area contributed by atoms with Gasteiger partial charge >= 0.3 is 6.03 Å². The number of nitrogens with zero attached hydrogens (tertiary/aromatic N) is 3. The first-order valence-electron chi connectivity index (χ1n) is 10.9. The molecule has 0 unspecified atom stereocenters. The van der Waals surface area contributed by atoms with Crippen LogP contribution in [0.2, 0.25) is 0 Å². The Bertz CT molecular complexity index is 1160. The molecule has 0 radical (unpaired) electrons. The Hall–Kier alpha value is -3.58. The number of nitrogens with one attached hydrogen (secondary N) is 4. The van der Waals surface area contributed by atoms with Gasteiger partial charge in [-0.25, -0.2) is 4.79 Å². The van der Waals surface area contributed by atoms with Gasteiger partial charge in [0.1, 0.15) is 5.41 Å². The van der Waals surface area contributed by atoms with Crippen LogP contribution in [-0.2, 0) is 9.59 Å². The van der Waals surface area contributed by atoms with Crippen LogP contribution < -0.4 is 27.0 Å². The summed E-state index contributed by atoms with van der Waals surface area (Å²) in [7, 11) is 0. The Morgan fingerprint density at radius 1 is 0.750 bits per heavy atom. The minimum atomic E-state index is -1.06. The number of nitrogens with two attached hydrogens (primary N) is 1. The van der Waals surface area contributed by atoms with E-state index in [1.165, 1.54) is 0 Å². The fourth-order valence-electron chi connectivity index (χ4n) is 3.30. The number of carbonyl (C=O) groups is 3. The van der Waals surface area contributed by atoms with Gasteiger partial charge in [0.25, 0.3) is 0 Å². The smallest absolute Gasteiger partial charge is 0.328 e. The second kappa shape index (κ2) is 11.9. The van der Waals surface area contributed by atoms with Crippen molar-refractivity contribution < 1.29 is 14.4 Å². The summed E-state index contributed by atoms with van der Waals surface area (Å²) >= 11 is 6.79. The minimum absolute atomic E-state index is 0.138. The van der Waals surface area contributed by atoms with Crippen molar-refractivity contribution in [2.75, 3.05) is 16.4 Å². The van der Waals surface area contributed by atoms with Crippen molar-refractivity contribution in [3.8, 4) is 0 Å². The maximum Gasteiger partial charge on any atom is 0.328 e. The van der Waals surface area contributed by atoms with E-state index in [-0.39, 0.29) is 5.95 Å². The quantitative estimate of drug-likeness (QED) is 0.247. The van der Waals surface area contributed by atoms with Crippen molar-refractivity contribution in [3.63, 3.8) is 0 Å². The van der Waals surface area contributed by atoms with Gasteiger partial charge in [0.15, 0.2) is 0 Å². The molecule has 36 heavy (non-hydrogen) atoms. The monoisotopic (exact) mass is 618 g/mol. The van der Waals surface area contributed by atoms with Crippen LogP contribution in [0.1, 0.15) is 26.7 Å². The van der Waals surface area contributed by atoms with Gasteiger partial charge in [-0.2, -0.15) is 15.0 Å². The van der Waals surface area contributed by atoms with Crippen LogP contribution in [0.25, 0.3) is 0 Å². The van der Waals surface area contributed by atoms with E-state index in [0.717, 1.165) is 20.3 Å². The number of amides is 4. The van der Waals surface area contributed by atoms with E-state index in [9.17, 15) is 14.4 Å². The van der Waals surface area contributed by atoms with E-state index >= 15 is 0 Å². The molecule has 0 atom stereocenters. The Morgan fingerprint density at radius 2 is 1.14 bits per heavy atom. The molecule has 0 bridgehead atoms. The van der Waals surface area contributed by atoms with Crippen LogP contribution in [0.3, 0.4) is 0 Å². The molecule has 2 heterocycles. The van der Waals surface area contributed by atoms with Crippen LogP contribution in [0.5, 0.6) is 0 Å². The molecule has 1 fully saturated rings. The van der Waals surface area contributed by atoms with Crippen LogP contribution in [0.4, 0.5) is 34.0 Å². The van der Waals surface area contributed by atoms with E-state index in [4.69, 9.17) is 5.73 Å². The summed E-state index contributed by atoms with van der Waals surface area (Å²) in [6.07, 6.45) is 0.795. The van der Waals surface area contributed by atoms with Crippen molar-refractivity contribution in [3.05, 3.63) is 57.5 Å². The zero-order valence-corrected chi connectivity index (χ0v) is 22.6. The van der Waals surface area contributed by atoms with Gasteiger partial charge in [-0.1, -0.05) is 45.7 Å². The van der Waals surface area contributed by atoms with Gasteiger partial charge in [-0.05, 0) is 61.4 Å². The third kappa shape index (κ3) is 6.76. The number of carbonyl (C=O) groups excluding carboxylic acids is 3. The molecule has 3 aromatic rings. The van der Waals surface area contributed by atoms with Gasteiger partial charge in [0, 0.05) is 20.3 Å². The molecular weight excluding hydrogens is 596 g/mol. The van der Waals surface area contributed by atoms with Crippen LogP contribution in [0, 0.1) is 5.41 Å². The molecule has 0 spiro atoms. The van der Waals surface area contributed by atoms with Gasteiger partial charge in [-0.15, -0.1) is 0 Å². The summed E-state index contributed by atoms with van der Waals surface area (Å²) in [5.74, 6) is -0.101. The zero-order valence-electron chi connectivity index (χ0n) is 19.4. The normalized spacial score (nSPS) is 14.2. The lowest BCUT2D eigenvalue weighted by atomic mass is 9.79. The third-order valence-electron chi connectivity index (χ3n) is 5.38. The van der Waals surface area contributed by atoms with E-state index in [1.807, 2.05) is 48.5 Å². The summed E-state index contributed by atoms with van der Waals surface area (Å²) in [6, 6.07) is 14.6. The van der Waals surface area contributed by atoms with Crippen molar-refractivity contribution in [2.24, 2.45) is 5.41 Å². The van der Waals surface area contributed by atoms with Gasteiger partial charge < -0.3 is 16.4 Å². The van der Waals surface area contributed by atoms with Gasteiger partial charge in [0.2, 0.25) is 29.7 Å². The van der Waals surface area contributed by atoms with Crippen molar-refractivity contribution in [2.45, 2.75) is 26.7 Å². The number of nitrogen functional groups attached to an aromatic ring is 1. The molecule has 0 saturated carbocycles. The molecule has 4 rings (SSSR count). The van der Waals surface area contributed by atoms with Crippen molar-refractivity contribution in [1.29, 1.82) is 0 Å². The Morgan fingerprint density at radius 3 is 1.50 bits per heavy atom. The second-order valence-corrected chi connectivity index (χ2v) is 9.46. The van der Waals surface area contributed by atoms with Crippen LogP contribution in [0.15, 0.2) is 57.5 Å². The number of imide groups is 2. The highest BCUT2D eigenvalue weighted by atomic mass is 79.9. The number of hydrogen-bond acceptors (Lipinski definition) is 9. The highest BCUT2D eigenvalue weighted by Gasteiger charge is 2.47. The summed E-state index contributed by atoms with van der Waals surface area (Å²) < 4.78 is 1.99. The number of barbiturate groups is 1. The topological polar surface area (TPSA) is 164 Å². The average Bonchev–Trinajstić information content (AvgIpc) is 2.83. The lowest BCUT2D eigenvalue weighted by molar-refractivity contribution is -0.144. The average molecular weight is 620 g/mol. The van der Waals surface area contributed by atoms with E-state index in [2.05, 4.69) is 68.1 Å². The second-order valence-electron chi connectivity index (χ2n) is 7.63. The molecule has 13 heteroatoms. The van der Waals surface area contributed by atoms with Crippen molar-refractivity contribution >= 4 is 78.9 Å². The summed E-state index contributed by atoms with van der Waals surface area (Å²) in [5.41, 5.74) is 6.41. The Labute approximate surface area is 224 Å². The fraction of sp³-hybridized carbons (Fsp3) is 0.217. The van der Waals surface area contributed by atoms with Crippen molar-refractivity contribution in [1.82, 2.24) is 25.6 Å². The first kappa shape index (κ1) is 27.0. The molecule has 1 aliphatic rings.